The first-order chi connectivity index (χ1) is 19.2. The molecule has 2 aromatic heterocycles. The predicted octanol–water partition coefficient (Wildman–Crippen LogP) is 7.59. The van der Waals surface area contributed by atoms with Gasteiger partial charge in [-0.25, -0.2) is 4.98 Å². The van der Waals surface area contributed by atoms with Crippen LogP contribution in [0.2, 0.25) is 0 Å². The van der Waals surface area contributed by atoms with Crippen LogP contribution in [0.25, 0.3) is 49.1 Å². The molecule has 0 amide bonds. The van der Waals surface area contributed by atoms with E-state index in [1.165, 1.54) is 21.5 Å². The molecule has 0 aliphatic carbocycles. The van der Waals surface area contributed by atoms with E-state index in [2.05, 4.69) is 71.1 Å². The molecule has 0 unspecified atom stereocenters. The number of benzene rings is 6. The number of para-hydroxylation sites is 1. The Morgan fingerprint density at radius 2 is 1.15 bits per heavy atom. The summed E-state index contributed by atoms with van der Waals surface area (Å²) in [6, 6.07) is 47.2. The summed E-state index contributed by atoms with van der Waals surface area (Å²) in [6.45, 7) is 0. The Labute approximate surface area is 225 Å². The highest BCUT2D eigenvalue weighted by atomic mass is 31.2. The zero-order chi connectivity index (χ0) is 26.0. The molecule has 0 atom stereocenters. The van der Waals surface area contributed by atoms with Gasteiger partial charge in [-0.05, 0) is 40.4 Å². The monoisotopic (exact) mass is 518 g/mol. The standard InChI is InChI=1S/C35H23N2OP/c38-39(25-12-3-1-4-13-25,26-14-5-2-6-15-26)27-20-22-31-33(23-27)37-32-18-10-9-17-29(32)30-21-19-24-11-7-8-16-28(24)34(30)35(37)36-31/h1-23H. The predicted molar refractivity (Wildman–Crippen MR) is 165 cm³/mol. The minimum Gasteiger partial charge on any atom is -0.309 e. The molecule has 0 aliphatic heterocycles. The van der Waals surface area contributed by atoms with Crippen molar-refractivity contribution in [3.8, 4) is 0 Å². The van der Waals surface area contributed by atoms with E-state index in [0.717, 1.165) is 43.5 Å². The number of fused-ring (bicyclic) bond motifs is 10. The molecule has 0 radical (unpaired) electrons. The number of aromatic nitrogens is 2. The average Bonchev–Trinajstić information content (AvgIpc) is 3.40. The average molecular weight is 519 g/mol. The Morgan fingerprint density at radius 3 is 1.90 bits per heavy atom. The summed E-state index contributed by atoms with van der Waals surface area (Å²) in [4.78, 5) is 5.19. The van der Waals surface area contributed by atoms with Gasteiger partial charge in [-0.1, -0.05) is 115 Å². The lowest BCUT2D eigenvalue weighted by molar-refractivity contribution is 0.592. The lowest BCUT2D eigenvalue weighted by atomic mass is 10.00. The maximum atomic E-state index is 15.1. The molecule has 4 heteroatoms. The minimum absolute atomic E-state index is 0.802. The summed E-state index contributed by atoms with van der Waals surface area (Å²) < 4.78 is 17.4. The van der Waals surface area contributed by atoms with Crippen LogP contribution in [0.5, 0.6) is 0 Å². The van der Waals surface area contributed by atoms with Gasteiger partial charge >= 0.3 is 0 Å². The van der Waals surface area contributed by atoms with Crippen molar-refractivity contribution >= 4 is 72.2 Å². The fraction of sp³-hybridized carbons (Fsp3) is 0. The van der Waals surface area contributed by atoms with E-state index in [-0.39, 0.29) is 0 Å². The summed E-state index contributed by atoms with van der Waals surface area (Å²) in [5.74, 6) is 0. The van der Waals surface area contributed by atoms with Crippen molar-refractivity contribution in [2.45, 2.75) is 0 Å². The van der Waals surface area contributed by atoms with E-state index in [1.807, 2.05) is 72.8 Å². The van der Waals surface area contributed by atoms with Gasteiger partial charge in [-0.3, -0.25) is 4.40 Å². The van der Waals surface area contributed by atoms with Gasteiger partial charge in [0.25, 0.3) is 0 Å². The zero-order valence-corrected chi connectivity index (χ0v) is 21.9. The van der Waals surface area contributed by atoms with Gasteiger partial charge in [0.15, 0.2) is 7.14 Å². The summed E-state index contributed by atoms with van der Waals surface area (Å²) in [5.41, 5.74) is 3.85. The number of pyridine rings is 1. The number of rotatable bonds is 3. The lowest BCUT2D eigenvalue weighted by Gasteiger charge is -2.20. The summed E-state index contributed by atoms with van der Waals surface area (Å²) in [7, 11) is -3.12. The first-order valence-electron chi connectivity index (χ1n) is 13.1. The van der Waals surface area contributed by atoms with E-state index in [0.29, 0.717) is 0 Å². The number of hydrogen-bond acceptors (Lipinski definition) is 2. The molecule has 8 rings (SSSR count). The van der Waals surface area contributed by atoms with Crippen LogP contribution in [0.3, 0.4) is 0 Å². The van der Waals surface area contributed by atoms with Gasteiger partial charge in [0.1, 0.15) is 5.65 Å². The van der Waals surface area contributed by atoms with Crippen molar-refractivity contribution in [2.75, 3.05) is 0 Å². The first-order valence-corrected chi connectivity index (χ1v) is 14.8. The molecule has 0 aliphatic rings. The second-order valence-corrected chi connectivity index (χ2v) is 12.7. The molecule has 184 valence electrons. The van der Waals surface area contributed by atoms with Crippen LogP contribution >= 0.6 is 7.14 Å². The molecule has 0 saturated carbocycles. The van der Waals surface area contributed by atoms with Gasteiger partial charge in [-0.15, -0.1) is 0 Å². The molecule has 2 heterocycles. The maximum absolute atomic E-state index is 15.1. The third-order valence-electron chi connectivity index (χ3n) is 7.83. The van der Waals surface area contributed by atoms with Gasteiger partial charge in [0, 0.05) is 26.7 Å². The summed E-state index contributed by atoms with van der Waals surface area (Å²) in [6.07, 6.45) is 0. The van der Waals surface area contributed by atoms with Crippen molar-refractivity contribution in [1.82, 2.24) is 9.38 Å². The Balaban J connectivity index is 1.53. The van der Waals surface area contributed by atoms with Crippen LogP contribution in [0.4, 0.5) is 0 Å². The molecule has 0 bridgehead atoms. The first kappa shape index (κ1) is 22.3. The zero-order valence-electron chi connectivity index (χ0n) is 21.0. The van der Waals surface area contributed by atoms with Crippen molar-refractivity contribution in [2.24, 2.45) is 0 Å². The third-order valence-corrected chi connectivity index (χ3v) is 10.9. The molecule has 6 aromatic carbocycles. The number of hydrogen-bond donors (Lipinski definition) is 0. The van der Waals surface area contributed by atoms with Crippen LogP contribution in [0.1, 0.15) is 0 Å². The van der Waals surface area contributed by atoms with Crippen molar-refractivity contribution < 1.29 is 4.57 Å². The molecular formula is C35H23N2OP. The molecule has 0 fully saturated rings. The SMILES string of the molecule is O=P(c1ccccc1)(c1ccccc1)c1ccc2nc3c4c5ccccc5ccc4c4ccccc4n3c2c1. The third kappa shape index (κ3) is 3.17. The van der Waals surface area contributed by atoms with Gasteiger partial charge < -0.3 is 4.57 Å². The molecule has 0 spiro atoms. The van der Waals surface area contributed by atoms with Crippen LogP contribution < -0.4 is 15.9 Å². The summed E-state index contributed by atoms with van der Waals surface area (Å²) >= 11 is 0. The van der Waals surface area contributed by atoms with Gasteiger partial charge in [0.2, 0.25) is 0 Å². The van der Waals surface area contributed by atoms with Crippen molar-refractivity contribution in [1.29, 1.82) is 0 Å². The smallest absolute Gasteiger partial charge is 0.171 e. The summed E-state index contributed by atoms with van der Waals surface area (Å²) in [5, 5.41) is 8.32. The second-order valence-electron chi connectivity index (χ2n) is 9.95. The quantitative estimate of drug-likeness (QED) is 0.178. The Morgan fingerprint density at radius 1 is 0.513 bits per heavy atom. The second kappa shape index (κ2) is 8.39. The fourth-order valence-electron chi connectivity index (χ4n) is 6.03. The van der Waals surface area contributed by atoms with Gasteiger partial charge in [-0.2, -0.15) is 0 Å². The molecule has 39 heavy (non-hydrogen) atoms. The topological polar surface area (TPSA) is 34.4 Å². The highest BCUT2D eigenvalue weighted by molar-refractivity contribution is 7.85. The Kier molecular flexibility index (Phi) is 4.79. The number of imidazole rings is 1. The van der Waals surface area contributed by atoms with Crippen LogP contribution in [-0.4, -0.2) is 9.38 Å². The highest BCUT2D eigenvalue weighted by Gasteiger charge is 2.30. The fourth-order valence-corrected chi connectivity index (χ4v) is 8.69. The lowest BCUT2D eigenvalue weighted by Crippen LogP contribution is -2.24. The molecule has 0 N–H and O–H groups in total. The van der Waals surface area contributed by atoms with E-state index in [1.54, 1.807) is 0 Å². The van der Waals surface area contributed by atoms with Crippen molar-refractivity contribution in [3.05, 3.63) is 140 Å². The number of nitrogens with zero attached hydrogens (tertiary/aromatic N) is 2. The van der Waals surface area contributed by atoms with E-state index < -0.39 is 7.14 Å². The molecule has 3 nitrogen and oxygen atoms in total. The van der Waals surface area contributed by atoms with E-state index in [4.69, 9.17) is 4.98 Å². The Bertz CT molecular complexity index is 2210. The Hall–Kier alpha value is -4.72. The van der Waals surface area contributed by atoms with Crippen LogP contribution in [0.15, 0.2) is 140 Å². The van der Waals surface area contributed by atoms with Crippen molar-refractivity contribution in [3.63, 3.8) is 0 Å². The van der Waals surface area contributed by atoms with Gasteiger partial charge in [0.05, 0.1) is 16.6 Å². The highest BCUT2D eigenvalue weighted by Crippen LogP contribution is 2.43. The van der Waals surface area contributed by atoms with E-state index >= 15 is 4.57 Å². The molecule has 8 aromatic rings. The maximum Gasteiger partial charge on any atom is 0.171 e. The van der Waals surface area contributed by atoms with Crippen LogP contribution in [0, 0.1) is 0 Å². The largest absolute Gasteiger partial charge is 0.309 e. The van der Waals surface area contributed by atoms with E-state index in [9.17, 15) is 0 Å². The normalized spacial score (nSPS) is 12.2. The minimum atomic E-state index is -3.12. The molecule has 0 saturated heterocycles. The molecular weight excluding hydrogens is 495 g/mol. The van der Waals surface area contributed by atoms with Crippen LogP contribution in [-0.2, 0) is 4.57 Å².